The minimum absolute atomic E-state index is 0.0594. The smallest absolute Gasteiger partial charge is 0.216 e. The van der Waals surface area contributed by atoms with Crippen molar-refractivity contribution < 1.29 is 9.53 Å². The maximum Gasteiger partial charge on any atom is 0.216 e. The Morgan fingerprint density at radius 1 is 1.54 bits per heavy atom. The minimum atomic E-state index is -1.53. The third-order valence-corrected chi connectivity index (χ3v) is 4.23. The van der Waals surface area contributed by atoms with Crippen molar-refractivity contribution in [1.29, 1.82) is 0 Å². The van der Waals surface area contributed by atoms with E-state index in [1.807, 2.05) is 11.5 Å². The molecule has 1 rings (SSSR count). The highest BCUT2D eigenvalue weighted by Gasteiger charge is 2.39. The SMILES string of the molecule is CCOC1CCC(=O)N1[Si](C)(C)C. The molecule has 4 heteroatoms. The summed E-state index contributed by atoms with van der Waals surface area (Å²) in [5.74, 6) is 0.276. The molecule has 1 aliphatic rings. The second-order valence-corrected chi connectivity index (χ2v) is 9.21. The highest BCUT2D eigenvalue weighted by atomic mass is 28.3. The van der Waals surface area contributed by atoms with Crippen LogP contribution < -0.4 is 0 Å². The number of hydrogen-bond donors (Lipinski definition) is 0. The average Bonchev–Trinajstić information content (AvgIpc) is 2.31. The molecule has 0 bridgehead atoms. The summed E-state index contributed by atoms with van der Waals surface area (Å²) in [6.45, 7) is 9.22. The van der Waals surface area contributed by atoms with Gasteiger partial charge in [0.25, 0.3) is 0 Å². The summed E-state index contributed by atoms with van der Waals surface area (Å²) in [5.41, 5.74) is 0. The molecule has 0 aromatic heterocycles. The fourth-order valence-corrected chi connectivity index (χ4v) is 3.74. The maximum absolute atomic E-state index is 11.6. The molecular formula is C9H19NO2Si. The van der Waals surface area contributed by atoms with Gasteiger partial charge in [0.15, 0.2) is 8.24 Å². The first-order valence-electron chi connectivity index (χ1n) is 4.90. The van der Waals surface area contributed by atoms with Gasteiger partial charge < -0.3 is 9.30 Å². The predicted octanol–water partition coefficient (Wildman–Crippen LogP) is 1.81. The van der Waals surface area contributed by atoms with E-state index >= 15 is 0 Å². The largest absolute Gasteiger partial charge is 0.359 e. The number of hydrogen-bond acceptors (Lipinski definition) is 2. The number of ether oxygens (including phenoxy) is 1. The summed E-state index contributed by atoms with van der Waals surface area (Å²) >= 11 is 0. The Kier molecular flexibility index (Phi) is 3.13. The van der Waals surface area contributed by atoms with E-state index in [0.717, 1.165) is 6.42 Å². The van der Waals surface area contributed by atoms with Gasteiger partial charge in [-0.05, 0) is 6.92 Å². The van der Waals surface area contributed by atoms with Gasteiger partial charge in [-0.1, -0.05) is 19.6 Å². The van der Waals surface area contributed by atoms with Crippen LogP contribution in [0.1, 0.15) is 19.8 Å². The van der Waals surface area contributed by atoms with Crippen LogP contribution in [-0.2, 0) is 9.53 Å². The van der Waals surface area contributed by atoms with Gasteiger partial charge >= 0.3 is 0 Å². The fourth-order valence-electron chi connectivity index (χ4n) is 1.81. The van der Waals surface area contributed by atoms with E-state index in [1.165, 1.54) is 0 Å². The lowest BCUT2D eigenvalue weighted by Crippen LogP contribution is -2.51. The Hall–Kier alpha value is -0.353. The van der Waals surface area contributed by atoms with Gasteiger partial charge in [0.2, 0.25) is 5.91 Å². The Morgan fingerprint density at radius 2 is 2.15 bits per heavy atom. The van der Waals surface area contributed by atoms with Crippen LogP contribution in [0.5, 0.6) is 0 Å². The number of carbonyl (C=O) groups is 1. The highest BCUT2D eigenvalue weighted by Crippen LogP contribution is 2.25. The minimum Gasteiger partial charge on any atom is -0.359 e. The predicted molar refractivity (Wildman–Crippen MR) is 54.8 cm³/mol. The van der Waals surface area contributed by atoms with Gasteiger partial charge in [-0.3, -0.25) is 4.79 Å². The molecule has 13 heavy (non-hydrogen) atoms. The molecule has 1 aliphatic heterocycles. The van der Waals surface area contributed by atoms with Crippen molar-refractivity contribution in [3.63, 3.8) is 0 Å². The summed E-state index contributed by atoms with van der Waals surface area (Å²) in [4.78, 5) is 11.6. The molecule has 0 spiro atoms. The lowest BCUT2D eigenvalue weighted by molar-refractivity contribution is -0.129. The molecule has 0 saturated carbocycles. The highest BCUT2D eigenvalue weighted by molar-refractivity contribution is 6.75. The van der Waals surface area contributed by atoms with E-state index < -0.39 is 8.24 Å². The Balaban J connectivity index is 2.71. The molecular weight excluding hydrogens is 182 g/mol. The summed E-state index contributed by atoms with van der Waals surface area (Å²) in [6.07, 6.45) is 1.59. The quantitative estimate of drug-likeness (QED) is 0.652. The van der Waals surface area contributed by atoms with E-state index in [9.17, 15) is 4.79 Å². The molecule has 1 saturated heterocycles. The van der Waals surface area contributed by atoms with Crippen molar-refractivity contribution in [2.45, 2.75) is 45.6 Å². The third kappa shape index (κ3) is 2.31. The molecule has 0 aromatic carbocycles. The van der Waals surface area contributed by atoms with Crippen molar-refractivity contribution in [2.75, 3.05) is 6.61 Å². The standard InChI is InChI=1S/C9H19NO2Si/c1-5-12-9-7-6-8(11)10(9)13(2,3)4/h9H,5-7H2,1-4H3. The van der Waals surface area contributed by atoms with Crippen molar-refractivity contribution in [3.05, 3.63) is 0 Å². The van der Waals surface area contributed by atoms with Crippen molar-refractivity contribution >= 4 is 14.1 Å². The van der Waals surface area contributed by atoms with E-state index in [4.69, 9.17) is 4.74 Å². The van der Waals surface area contributed by atoms with Crippen LogP contribution in [0.25, 0.3) is 0 Å². The summed E-state index contributed by atoms with van der Waals surface area (Å²) in [6, 6.07) is 0. The van der Waals surface area contributed by atoms with Crippen LogP contribution in [-0.4, -0.2) is 31.5 Å². The van der Waals surface area contributed by atoms with Crippen LogP contribution in [0.3, 0.4) is 0 Å². The molecule has 1 unspecified atom stereocenters. The van der Waals surface area contributed by atoms with Crippen LogP contribution in [0, 0.1) is 0 Å². The average molecular weight is 201 g/mol. The van der Waals surface area contributed by atoms with E-state index in [2.05, 4.69) is 19.6 Å². The van der Waals surface area contributed by atoms with Gasteiger partial charge in [0.05, 0.1) is 0 Å². The molecule has 0 aliphatic carbocycles. The maximum atomic E-state index is 11.6. The van der Waals surface area contributed by atoms with Crippen LogP contribution in [0.4, 0.5) is 0 Å². The Morgan fingerprint density at radius 3 is 2.62 bits per heavy atom. The van der Waals surface area contributed by atoms with Crippen molar-refractivity contribution in [2.24, 2.45) is 0 Å². The van der Waals surface area contributed by atoms with Crippen LogP contribution in [0.15, 0.2) is 0 Å². The number of rotatable bonds is 3. The zero-order chi connectivity index (χ0) is 10.1. The zero-order valence-corrected chi connectivity index (χ0v) is 9.96. The molecule has 0 N–H and O–H groups in total. The second-order valence-electron chi connectivity index (χ2n) is 4.38. The fraction of sp³-hybridized carbons (Fsp3) is 0.889. The number of carbonyl (C=O) groups excluding carboxylic acids is 1. The van der Waals surface area contributed by atoms with E-state index in [1.54, 1.807) is 0 Å². The van der Waals surface area contributed by atoms with Gasteiger partial charge in [-0.15, -0.1) is 0 Å². The summed E-state index contributed by atoms with van der Waals surface area (Å²) in [7, 11) is -1.53. The van der Waals surface area contributed by atoms with Crippen LogP contribution in [0.2, 0.25) is 19.6 Å². The number of nitrogens with zero attached hydrogens (tertiary/aromatic N) is 1. The molecule has 1 fully saturated rings. The summed E-state index contributed by atoms with van der Waals surface area (Å²) in [5, 5.41) is 0. The lowest BCUT2D eigenvalue weighted by Gasteiger charge is -2.35. The third-order valence-electron chi connectivity index (χ3n) is 2.24. The lowest BCUT2D eigenvalue weighted by atomic mass is 10.3. The van der Waals surface area contributed by atoms with Gasteiger partial charge in [-0.25, -0.2) is 0 Å². The van der Waals surface area contributed by atoms with Gasteiger partial charge in [0, 0.05) is 19.4 Å². The Labute approximate surface area is 81.1 Å². The van der Waals surface area contributed by atoms with Gasteiger partial charge in [-0.2, -0.15) is 0 Å². The molecule has 76 valence electrons. The van der Waals surface area contributed by atoms with E-state index in [0.29, 0.717) is 13.0 Å². The monoisotopic (exact) mass is 201 g/mol. The molecule has 1 amide bonds. The first kappa shape index (κ1) is 10.7. The summed E-state index contributed by atoms with van der Waals surface area (Å²) < 4.78 is 7.55. The van der Waals surface area contributed by atoms with E-state index in [-0.39, 0.29) is 12.1 Å². The van der Waals surface area contributed by atoms with Crippen molar-refractivity contribution in [1.82, 2.24) is 4.57 Å². The number of amides is 1. The van der Waals surface area contributed by atoms with Crippen molar-refractivity contribution in [3.8, 4) is 0 Å². The molecule has 0 radical (unpaired) electrons. The van der Waals surface area contributed by atoms with Gasteiger partial charge in [0.1, 0.15) is 6.23 Å². The second kappa shape index (κ2) is 3.80. The molecule has 1 heterocycles. The molecule has 3 nitrogen and oxygen atoms in total. The first-order chi connectivity index (χ1) is 5.96. The first-order valence-corrected chi connectivity index (χ1v) is 8.35. The zero-order valence-electron chi connectivity index (χ0n) is 8.96. The normalized spacial score (nSPS) is 24.2. The molecule has 1 atom stereocenters. The Bertz CT molecular complexity index is 200. The van der Waals surface area contributed by atoms with Crippen LogP contribution >= 0.6 is 0 Å². The molecule has 0 aromatic rings. The topological polar surface area (TPSA) is 29.5 Å².